The molecule has 4 heteroatoms. The molecule has 0 rings (SSSR count). The molecule has 0 heterocycles. The molecular formula is C5H13NO3. The molecule has 0 saturated heterocycles. The summed E-state index contributed by atoms with van der Waals surface area (Å²) in [7, 11) is 0. The Morgan fingerprint density at radius 1 is 1.44 bits per heavy atom. The summed E-state index contributed by atoms with van der Waals surface area (Å²) in [6.45, 7) is 5.04. The molecule has 0 saturated carbocycles. The zero-order valence-corrected chi connectivity index (χ0v) is 5.97. The van der Waals surface area contributed by atoms with Gasteiger partial charge in [0.2, 0.25) is 0 Å². The van der Waals surface area contributed by atoms with Gasteiger partial charge in [0.05, 0.1) is 0 Å². The van der Waals surface area contributed by atoms with Gasteiger partial charge in [-0.15, -0.1) is 0 Å². The van der Waals surface area contributed by atoms with Gasteiger partial charge in [0, 0.05) is 0 Å². The summed E-state index contributed by atoms with van der Waals surface area (Å²) < 4.78 is 4.35. The first-order valence-corrected chi connectivity index (χ1v) is 2.34. The molecule has 0 aliphatic carbocycles. The van der Waals surface area contributed by atoms with Crippen LogP contribution in [-0.2, 0) is 4.74 Å². The lowest BCUT2D eigenvalue weighted by molar-refractivity contribution is 0.0150. The number of carbonyl (C=O) groups is 1. The maximum Gasteiger partial charge on any atom is 0.506 e. The summed E-state index contributed by atoms with van der Waals surface area (Å²) in [5.41, 5.74) is -0.578. The molecular weight excluding hydrogens is 122 g/mol. The van der Waals surface area contributed by atoms with Crippen LogP contribution in [0.25, 0.3) is 0 Å². The number of rotatable bonds is 0. The standard InChI is InChI=1S/C5H10O3.H3N/c1-5(2,3)8-4(6)7;/h1-3H3,(H,6,7);1H3. The zero-order chi connectivity index (χ0) is 6.78. The van der Waals surface area contributed by atoms with E-state index in [2.05, 4.69) is 4.74 Å². The summed E-state index contributed by atoms with van der Waals surface area (Å²) in [6, 6.07) is 0. The fraction of sp³-hybridized carbons (Fsp3) is 0.800. The van der Waals surface area contributed by atoms with Crippen molar-refractivity contribution in [2.45, 2.75) is 26.4 Å². The molecule has 0 spiro atoms. The average molecular weight is 135 g/mol. The van der Waals surface area contributed by atoms with Crippen LogP contribution < -0.4 is 6.15 Å². The Morgan fingerprint density at radius 3 is 1.78 bits per heavy atom. The number of carboxylic acid groups (broad SMARTS) is 1. The predicted molar refractivity (Wildman–Crippen MR) is 33.9 cm³/mol. The minimum Gasteiger partial charge on any atom is -0.450 e. The summed E-state index contributed by atoms with van der Waals surface area (Å²) in [4.78, 5) is 9.79. The van der Waals surface area contributed by atoms with Gasteiger partial charge < -0.3 is 16.0 Å². The quantitative estimate of drug-likeness (QED) is 0.494. The van der Waals surface area contributed by atoms with E-state index < -0.39 is 11.8 Å². The second-order valence-corrected chi connectivity index (χ2v) is 2.48. The molecule has 0 bridgehead atoms. The normalized spacial score (nSPS) is 9.67. The van der Waals surface area contributed by atoms with Crippen LogP contribution in [0.2, 0.25) is 0 Å². The van der Waals surface area contributed by atoms with Gasteiger partial charge >= 0.3 is 6.16 Å². The van der Waals surface area contributed by atoms with Gasteiger partial charge in [-0.25, -0.2) is 4.79 Å². The average Bonchev–Trinajstić information content (AvgIpc) is 1.21. The van der Waals surface area contributed by atoms with Crippen LogP contribution in [0.1, 0.15) is 20.8 Å². The van der Waals surface area contributed by atoms with Crippen molar-refractivity contribution in [1.29, 1.82) is 0 Å². The minimum absolute atomic E-state index is 0. The van der Waals surface area contributed by atoms with Crippen molar-refractivity contribution in [3.8, 4) is 0 Å². The van der Waals surface area contributed by atoms with Gasteiger partial charge in [0.1, 0.15) is 5.60 Å². The maximum atomic E-state index is 9.79. The Bertz CT molecular complexity index is 94.9. The van der Waals surface area contributed by atoms with Gasteiger partial charge in [-0.05, 0) is 20.8 Å². The summed E-state index contributed by atoms with van der Waals surface area (Å²) in [5, 5.41) is 8.03. The predicted octanol–water partition coefficient (Wildman–Crippen LogP) is 1.64. The Hall–Kier alpha value is -0.770. The van der Waals surface area contributed by atoms with Crippen LogP contribution >= 0.6 is 0 Å². The monoisotopic (exact) mass is 135 g/mol. The topological polar surface area (TPSA) is 81.5 Å². The van der Waals surface area contributed by atoms with Gasteiger partial charge in [0.15, 0.2) is 0 Å². The van der Waals surface area contributed by atoms with E-state index >= 15 is 0 Å². The highest BCUT2D eigenvalue weighted by molar-refractivity contribution is 5.57. The summed E-state index contributed by atoms with van der Waals surface area (Å²) >= 11 is 0. The highest BCUT2D eigenvalue weighted by atomic mass is 16.7. The van der Waals surface area contributed by atoms with Crippen LogP contribution in [0.15, 0.2) is 0 Å². The molecule has 4 nitrogen and oxygen atoms in total. The van der Waals surface area contributed by atoms with E-state index in [9.17, 15) is 4.79 Å². The number of ether oxygens (including phenoxy) is 1. The molecule has 0 aromatic heterocycles. The van der Waals surface area contributed by atoms with Gasteiger partial charge in [-0.2, -0.15) is 0 Å². The third-order valence-corrected chi connectivity index (χ3v) is 0.393. The van der Waals surface area contributed by atoms with E-state index in [-0.39, 0.29) is 6.15 Å². The van der Waals surface area contributed by atoms with Crippen LogP contribution in [-0.4, -0.2) is 16.9 Å². The largest absolute Gasteiger partial charge is 0.506 e. The molecule has 0 aliphatic heterocycles. The zero-order valence-electron chi connectivity index (χ0n) is 5.97. The first-order valence-electron chi connectivity index (χ1n) is 2.34. The van der Waals surface area contributed by atoms with E-state index in [1.165, 1.54) is 0 Å². The van der Waals surface area contributed by atoms with Gasteiger partial charge in [-0.1, -0.05) is 0 Å². The van der Waals surface area contributed by atoms with Crippen LogP contribution in [0, 0.1) is 0 Å². The first kappa shape index (κ1) is 11.1. The van der Waals surface area contributed by atoms with E-state index in [4.69, 9.17) is 5.11 Å². The number of hydrogen-bond acceptors (Lipinski definition) is 3. The fourth-order valence-corrected chi connectivity index (χ4v) is 0.262. The SMILES string of the molecule is CC(C)(C)OC(=O)O.N. The van der Waals surface area contributed by atoms with E-state index in [0.29, 0.717) is 0 Å². The molecule has 56 valence electrons. The minimum atomic E-state index is -1.22. The highest BCUT2D eigenvalue weighted by Gasteiger charge is 2.13. The number of hydrogen-bond donors (Lipinski definition) is 2. The summed E-state index contributed by atoms with van der Waals surface area (Å²) in [6.07, 6.45) is -1.22. The van der Waals surface area contributed by atoms with Crippen LogP contribution in [0.5, 0.6) is 0 Å². The molecule has 0 amide bonds. The van der Waals surface area contributed by atoms with Gasteiger partial charge in [-0.3, -0.25) is 0 Å². The van der Waals surface area contributed by atoms with Crippen molar-refractivity contribution in [2.75, 3.05) is 0 Å². The molecule has 0 atom stereocenters. The maximum absolute atomic E-state index is 9.79. The molecule has 0 aromatic carbocycles. The lowest BCUT2D eigenvalue weighted by Crippen LogP contribution is -2.22. The molecule has 0 aliphatic rings. The van der Waals surface area contributed by atoms with Crippen LogP contribution in [0.3, 0.4) is 0 Å². The molecule has 0 radical (unpaired) electrons. The molecule has 9 heavy (non-hydrogen) atoms. The van der Waals surface area contributed by atoms with E-state index in [0.717, 1.165) is 0 Å². The Morgan fingerprint density at radius 2 is 1.78 bits per heavy atom. The van der Waals surface area contributed by atoms with Gasteiger partial charge in [0.25, 0.3) is 0 Å². The second-order valence-electron chi connectivity index (χ2n) is 2.48. The Balaban J connectivity index is 0. The van der Waals surface area contributed by atoms with Crippen LogP contribution in [0.4, 0.5) is 4.79 Å². The fourth-order valence-electron chi connectivity index (χ4n) is 0.262. The van der Waals surface area contributed by atoms with Crippen molar-refractivity contribution < 1.29 is 14.6 Å². The molecule has 0 aromatic rings. The lowest BCUT2D eigenvalue weighted by Gasteiger charge is -2.15. The summed E-state index contributed by atoms with van der Waals surface area (Å²) in [5.74, 6) is 0. The van der Waals surface area contributed by atoms with Crippen molar-refractivity contribution in [3.63, 3.8) is 0 Å². The van der Waals surface area contributed by atoms with Crippen molar-refractivity contribution in [3.05, 3.63) is 0 Å². The Labute approximate surface area is 54.4 Å². The van der Waals surface area contributed by atoms with Crippen molar-refractivity contribution in [1.82, 2.24) is 6.15 Å². The lowest BCUT2D eigenvalue weighted by atomic mass is 10.2. The molecule has 0 unspecified atom stereocenters. The molecule has 0 fully saturated rings. The van der Waals surface area contributed by atoms with E-state index in [1.54, 1.807) is 20.8 Å². The van der Waals surface area contributed by atoms with Crippen molar-refractivity contribution >= 4 is 6.16 Å². The Kier molecular flexibility index (Phi) is 4.06. The van der Waals surface area contributed by atoms with Crippen molar-refractivity contribution in [2.24, 2.45) is 0 Å². The highest BCUT2D eigenvalue weighted by Crippen LogP contribution is 2.05. The third-order valence-electron chi connectivity index (χ3n) is 0.393. The molecule has 4 N–H and O–H groups in total. The second kappa shape index (κ2) is 3.29. The first-order chi connectivity index (χ1) is 3.42. The smallest absolute Gasteiger partial charge is 0.450 e. The van der Waals surface area contributed by atoms with E-state index in [1.807, 2.05) is 0 Å². The third kappa shape index (κ3) is 11.1.